The molecule has 2 aromatic rings. The summed E-state index contributed by atoms with van der Waals surface area (Å²) in [4.78, 5) is 13.0. The van der Waals surface area contributed by atoms with Gasteiger partial charge in [-0.15, -0.1) is 0 Å². The van der Waals surface area contributed by atoms with Crippen LogP contribution in [0.3, 0.4) is 0 Å². The molecule has 2 N–H and O–H groups in total. The third-order valence-electron chi connectivity index (χ3n) is 6.00. The van der Waals surface area contributed by atoms with Gasteiger partial charge in [0.1, 0.15) is 16.6 Å². The van der Waals surface area contributed by atoms with Crippen LogP contribution < -0.4 is 10.6 Å². The fraction of sp³-hybridized carbons (Fsp3) is 0.333. The molecule has 3 saturated carbocycles. The average molecular weight is 421 g/mol. The second-order valence-electron chi connectivity index (χ2n) is 8.00. The topological polar surface area (TPSA) is 41.1 Å². The van der Waals surface area contributed by atoms with Crippen molar-refractivity contribution in [1.29, 1.82) is 0 Å². The van der Waals surface area contributed by atoms with E-state index >= 15 is 0 Å². The van der Waals surface area contributed by atoms with Gasteiger partial charge in [0.15, 0.2) is 0 Å². The van der Waals surface area contributed by atoms with Crippen LogP contribution in [0.5, 0.6) is 0 Å². The van der Waals surface area contributed by atoms with Crippen LogP contribution in [0.2, 0.25) is 5.02 Å². The molecule has 5 rings (SSSR count). The quantitative estimate of drug-likeness (QED) is 0.663. The van der Waals surface area contributed by atoms with E-state index in [0.717, 1.165) is 19.3 Å². The molecule has 0 spiro atoms. The van der Waals surface area contributed by atoms with E-state index in [4.69, 9.17) is 23.8 Å². The normalized spacial score (nSPS) is 25.9. The summed E-state index contributed by atoms with van der Waals surface area (Å²) < 4.78 is 26.5. The number of thiocarbonyl (C=S) groups is 1. The highest BCUT2D eigenvalue weighted by molar-refractivity contribution is 7.80. The number of rotatable bonds is 5. The molecule has 146 valence electrons. The molecule has 2 bridgehead atoms. The van der Waals surface area contributed by atoms with Gasteiger partial charge in [0.05, 0.1) is 0 Å². The van der Waals surface area contributed by atoms with Crippen molar-refractivity contribution in [3.05, 3.63) is 64.7 Å². The summed E-state index contributed by atoms with van der Waals surface area (Å²) in [6.07, 6.45) is 2.50. The Morgan fingerprint density at radius 2 is 1.75 bits per heavy atom. The van der Waals surface area contributed by atoms with Crippen molar-refractivity contribution >= 4 is 40.4 Å². The van der Waals surface area contributed by atoms with Gasteiger partial charge in [-0.3, -0.25) is 4.79 Å². The van der Waals surface area contributed by atoms with Crippen LogP contribution in [0.15, 0.2) is 42.5 Å². The highest BCUT2D eigenvalue weighted by Crippen LogP contribution is 2.70. The molecule has 0 aromatic heterocycles. The van der Waals surface area contributed by atoms with Crippen LogP contribution in [-0.2, 0) is 4.79 Å². The van der Waals surface area contributed by atoms with Crippen molar-refractivity contribution in [3.63, 3.8) is 0 Å². The summed E-state index contributed by atoms with van der Waals surface area (Å²) in [5.74, 6) is -1.00. The third kappa shape index (κ3) is 3.40. The van der Waals surface area contributed by atoms with Crippen LogP contribution >= 0.6 is 23.8 Å². The van der Waals surface area contributed by atoms with Crippen LogP contribution in [0.4, 0.5) is 14.5 Å². The lowest BCUT2D eigenvalue weighted by Crippen LogP contribution is -2.77. The van der Waals surface area contributed by atoms with Crippen LogP contribution in [0.25, 0.3) is 0 Å². The number of halogens is 3. The lowest BCUT2D eigenvalue weighted by Gasteiger charge is -2.72. The summed E-state index contributed by atoms with van der Waals surface area (Å²) in [6.45, 7) is 1.92. The molecule has 3 fully saturated rings. The van der Waals surface area contributed by atoms with Gasteiger partial charge in [0.2, 0.25) is 5.91 Å². The minimum Gasteiger partial charge on any atom is -0.370 e. The van der Waals surface area contributed by atoms with Crippen molar-refractivity contribution in [2.24, 2.45) is 11.3 Å². The molecule has 3 aliphatic rings. The van der Waals surface area contributed by atoms with E-state index in [9.17, 15) is 13.6 Å². The minimum atomic E-state index is -0.424. The number of amides is 1. The number of benzene rings is 2. The highest BCUT2D eigenvalue weighted by atomic mass is 35.5. The Morgan fingerprint density at radius 3 is 2.36 bits per heavy atom. The van der Waals surface area contributed by atoms with Crippen molar-refractivity contribution in [3.8, 4) is 0 Å². The van der Waals surface area contributed by atoms with E-state index in [1.54, 1.807) is 18.2 Å². The molecule has 0 saturated heterocycles. The predicted octanol–water partition coefficient (Wildman–Crippen LogP) is 5.08. The Labute approximate surface area is 172 Å². The monoisotopic (exact) mass is 420 g/mol. The molecule has 3 aliphatic carbocycles. The van der Waals surface area contributed by atoms with Gasteiger partial charge in [-0.05, 0) is 67.1 Å². The molecular formula is C21H19ClF2N2OS. The average Bonchev–Trinajstić information content (AvgIpc) is 2.57. The summed E-state index contributed by atoms with van der Waals surface area (Å²) in [5, 5.41) is 6.49. The molecule has 0 unspecified atom stereocenters. The Hall–Kier alpha value is -2.05. The SMILES string of the molecule is C[C@H](C(=O)Nc1ccc(F)cc1)C12CC(NC(=S)c3cc(F)cc(Cl)c3)(C1)C2. The van der Waals surface area contributed by atoms with Crippen molar-refractivity contribution in [2.45, 2.75) is 31.7 Å². The minimum absolute atomic E-state index is 0.0493. The maximum atomic E-state index is 13.5. The number of nitrogens with one attached hydrogen (secondary N) is 2. The van der Waals surface area contributed by atoms with E-state index in [0.29, 0.717) is 21.3 Å². The predicted molar refractivity (Wildman–Crippen MR) is 109 cm³/mol. The Kier molecular flexibility index (Phi) is 4.67. The Balaban J connectivity index is 1.34. The Bertz CT molecular complexity index is 923. The van der Waals surface area contributed by atoms with Gasteiger partial charge in [-0.2, -0.15) is 0 Å². The number of hydrogen-bond donors (Lipinski definition) is 2. The fourth-order valence-corrected chi connectivity index (χ4v) is 5.07. The summed E-state index contributed by atoms with van der Waals surface area (Å²) in [7, 11) is 0. The highest BCUT2D eigenvalue weighted by Gasteiger charge is 2.70. The van der Waals surface area contributed by atoms with Gasteiger partial charge in [-0.25, -0.2) is 8.78 Å². The van der Waals surface area contributed by atoms with Crippen LogP contribution in [0.1, 0.15) is 31.7 Å². The third-order valence-corrected chi connectivity index (χ3v) is 6.55. The number of anilines is 1. The van der Waals surface area contributed by atoms with Crippen molar-refractivity contribution in [1.82, 2.24) is 5.32 Å². The lowest BCUT2D eigenvalue weighted by molar-refractivity contribution is -0.182. The molecule has 0 aliphatic heterocycles. The Morgan fingerprint density at radius 1 is 1.11 bits per heavy atom. The van der Waals surface area contributed by atoms with Crippen LogP contribution in [-0.4, -0.2) is 16.4 Å². The van der Waals surface area contributed by atoms with E-state index in [-0.39, 0.29) is 28.6 Å². The molecule has 3 nitrogen and oxygen atoms in total. The smallest absolute Gasteiger partial charge is 0.227 e. The molecule has 2 aromatic carbocycles. The van der Waals surface area contributed by atoms with Crippen molar-refractivity contribution < 1.29 is 13.6 Å². The molecular weight excluding hydrogens is 402 g/mol. The lowest BCUT2D eigenvalue weighted by atomic mass is 9.36. The zero-order chi connectivity index (χ0) is 20.1. The molecule has 0 heterocycles. The molecule has 1 atom stereocenters. The van der Waals surface area contributed by atoms with Gasteiger partial charge in [0, 0.05) is 27.7 Å². The summed E-state index contributed by atoms with van der Waals surface area (Å²) >= 11 is 11.3. The molecule has 1 amide bonds. The summed E-state index contributed by atoms with van der Waals surface area (Å²) in [6, 6.07) is 9.98. The van der Waals surface area contributed by atoms with Gasteiger partial charge in [0.25, 0.3) is 0 Å². The summed E-state index contributed by atoms with van der Waals surface area (Å²) in [5.41, 5.74) is 0.967. The van der Waals surface area contributed by atoms with Crippen molar-refractivity contribution in [2.75, 3.05) is 5.32 Å². The first-order valence-corrected chi connectivity index (χ1v) is 9.84. The second kappa shape index (κ2) is 6.78. The van der Waals surface area contributed by atoms with Gasteiger partial charge < -0.3 is 10.6 Å². The maximum absolute atomic E-state index is 13.5. The second-order valence-corrected chi connectivity index (χ2v) is 8.85. The number of carbonyl (C=O) groups excluding carboxylic acids is 1. The van der Waals surface area contributed by atoms with E-state index in [2.05, 4.69) is 10.6 Å². The zero-order valence-corrected chi connectivity index (χ0v) is 16.8. The first-order valence-electron chi connectivity index (χ1n) is 9.05. The number of carbonyl (C=O) groups is 1. The van der Waals surface area contributed by atoms with Crippen LogP contribution in [0, 0.1) is 23.0 Å². The first-order chi connectivity index (χ1) is 13.2. The zero-order valence-electron chi connectivity index (χ0n) is 15.2. The standard InChI is InChI=1S/C21H19ClF2N2OS/c1-12(18(27)25-17-4-2-15(23)3-5-17)20-9-21(10-20,11-20)26-19(28)13-6-14(22)8-16(24)7-13/h2-8,12H,9-11H2,1H3,(H,25,27)(H,26,28)/t12-,20?,21?/m1/s1. The van der Waals surface area contributed by atoms with Gasteiger partial charge in [-0.1, -0.05) is 30.7 Å². The van der Waals surface area contributed by atoms with Gasteiger partial charge >= 0.3 is 0 Å². The van der Waals surface area contributed by atoms with E-state index in [1.807, 2.05) is 6.92 Å². The molecule has 7 heteroatoms. The molecule has 0 radical (unpaired) electrons. The fourth-order valence-electron chi connectivity index (χ4n) is 4.52. The maximum Gasteiger partial charge on any atom is 0.227 e. The van der Waals surface area contributed by atoms with E-state index < -0.39 is 5.82 Å². The number of hydrogen-bond acceptors (Lipinski definition) is 2. The largest absolute Gasteiger partial charge is 0.370 e. The first kappa shape index (κ1) is 19.3. The van der Waals surface area contributed by atoms with E-state index in [1.165, 1.54) is 24.3 Å². The molecule has 28 heavy (non-hydrogen) atoms.